The number of aliphatic hydroxyl groups is 1. The van der Waals surface area contributed by atoms with Crippen LogP contribution in [-0.4, -0.2) is 5.11 Å². The summed E-state index contributed by atoms with van der Waals surface area (Å²) in [5.41, 5.74) is 2.02. The van der Waals surface area contributed by atoms with E-state index in [4.69, 9.17) is 11.6 Å². The molecule has 0 radical (unpaired) electrons. The van der Waals surface area contributed by atoms with Crippen LogP contribution in [0.25, 0.3) is 0 Å². The average Bonchev–Trinajstić information content (AvgIpc) is 2.39. The Hall–Kier alpha value is -1.31. The molecule has 106 valence electrons. The molecule has 1 nitrogen and oxygen atoms in total. The van der Waals surface area contributed by atoms with Crippen LogP contribution in [0.3, 0.4) is 0 Å². The van der Waals surface area contributed by atoms with Crippen LogP contribution in [0.4, 0.5) is 0 Å². The quantitative estimate of drug-likeness (QED) is 0.857. The Morgan fingerprint density at radius 1 is 1.05 bits per heavy atom. The van der Waals surface area contributed by atoms with Gasteiger partial charge in [-0.05, 0) is 48.1 Å². The Balaban J connectivity index is 2.35. The minimum atomic E-state index is -1.00. The number of rotatable bonds is 4. The Morgan fingerprint density at radius 2 is 1.70 bits per heavy atom. The third-order valence-corrected chi connectivity index (χ3v) is 3.79. The van der Waals surface area contributed by atoms with Gasteiger partial charge in [-0.1, -0.05) is 61.8 Å². The van der Waals surface area contributed by atoms with Gasteiger partial charge in [0.1, 0.15) is 5.60 Å². The Labute approximate surface area is 126 Å². The van der Waals surface area contributed by atoms with Gasteiger partial charge in [-0.25, -0.2) is 0 Å². The second-order valence-electron chi connectivity index (χ2n) is 5.88. The molecule has 0 bridgehead atoms. The molecule has 1 N–H and O–H groups in total. The van der Waals surface area contributed by atoms with E-state index in [1.165, 1.54) is 5.56 Å². The summed E-state index contributed by atoms with van der Waals surface area (Å²) in [6.07, 6.45) is 1.02. The molecule has 0 aliphatic rings. The van der Waals surface area contributed by atoms with Gasteiger partial charge in [0, 0.05) is 5.02 Å². The highest BCUT2D eigenvalue weighted by atomic mass is 35.5. The molecule has 2 aromatic carbocycles. The van der Waals surface area contributed by atoms with Crippen LogP contribution in [-0.2, 0) is 12.0 Å². The molecule has 0 heterocycles. The molecular formula is C18H21ClO. The van der Waals surface area contributed by atoms with Crippen molar-refractivity contribution in [2.75, 3.05) is 0 Å². The molecule has 2 rings (SSSR count). The first-order chi connectivity index (χ1) is 9.39. The van der Waals surface area contributed by atoms with E-state index in [2.05, 4.69) is 26.0 Å². The van der Waals surface area contributed by atoms with Crippen molar-refractivity contribution in [1.29, 1.82) is 0 Å². The highest BCUT2D eigenvalue weighted by Gasteiger charge is 2.25. The predicted octanol–water partition coefficient (Wildman–Crippen LogP) is 4.79. The van der Waals surface area contributed by atoms with Crippen molar-refractivity contribution in [3.8, 4) is 0 Å². The summed E-state index contributed by atoms with van der Waals surface area (Å²) in [6, 6.07) is 15.5. The second kappa shape index (κ2) is 5.99. The maximum Gasteiger partial charge on any atom is 0.112 e. The summed E-state index contributed by atoms with van der Waals surface area (Å²) in [4.78, 5) is 0. The molecule has 0 saturated heterocycles. The molecule has 1 atom stereocenters. The van der Waals surface area contributed by atoms with Gasteiger partial charge in [0.2, 0.25) is 0 Å². The van der Waals surface area contributed by atoms with Gasteiger partial charge < -0.3 is 5.11 Å². The van der Waals surface area contributed by atoms with Gasteiger partial charge in [-0.15, -0.1) is 0 Å². The maximum atomic E-state index is 10.9. The van der Waals surface area contributed by atoms with Crippen molar-refractivity contribution in [2.45, 2.75) is 32.8 Å². The molecule has 0 saturated carbocycles. The van der Waals surface area contributed by atoms with E-state index in [9.17, 15) is 5.11 Å². The highest BCUT2D eigenvalue weighted by molar-refractivity contribution is 6.30. The van der Waals surface area contributed by atoms with Crippen LogP contribution < -0.4 is 0 Å². The fourth-order valence-electron chi connectivity index (χ4n) is 2.41. The molecule has 0 amide bonds. The van der Waals surface area contributed by atoms with E-state index in [-0.39, 0.29) is 0 Å². The van der Waals surface area contributed by atoms with Crippen molar-refractivity contribution in [1.82, 2.24) is 0 Å². The average molecular weight is 289 g/mol. The summed E-state index contributed by atoms with van der Waals surface area (Å²) >= 11 is 5.91. The van der Waals surface area contributed by atoms with Crippen molar-refractivity contribution in [3.05, 3.63) is 70.2 Å². The lowest BCUT2D eigenvalue weighted by atomic mass is 9.86. The van der Waals surface area contributed by atoms with E-state index in [0.717, 1.165) is 17.5 Å². The zero-order chi connectivity index (χ0) is 14.8. The zero-order valence-corrected chi connectivity index (χ0v) is 13.0. The van der Waals surface area contributed by atoms with E-state index >= 15 is 0 Å². The Morgan fingerprint density at radius 3 is 2.30 bits per heavy atom. The summed E-state index contributed by atoms with van der Waals surface area (Å²) < 4.78 is 0. The monoisotopic (exact) mass is 288 g/mol. The zero-order valence-electron chi connectivity index (χ0n) is 12.2. The summed E-state index contributed by atoms with van der Waals surface area (Å²) in [6.45, 7) is 6.22. The molecular weight excluding hydrogens is 268 g/mol. The highest BCUT2D eigenvalue weighted by Crippen LogP contribution is 2.30. The summed E-state index contributed by atoms with van der Waals surface area (Å²) in [7, 11) is 0. The normalized spacial score (nSPS) is 14.3. The lowest BCUT2D eigenvalue weighted by Crippen LogP contribution is -2.22. The number of hydrogen-bond acceptors (Lipinski definition) is 1. The molecule has 0 spiro atoms. The molecule has 1 unspecified atom stereocenters. The third kappa shape index (κ3) is 3.41. The standard InChI is InChI=1S/C18H21ClO/c1-13(2)11-14-5-4-6-16(12-14)18(3,20)15-7-9-17(19)10-8-15/h4-10,12-13,20H,11H2,1-3H3. The topological polar surface area (TPSA) is 20.2 Å². The Kier molecular flexibility index (Phi) is 4.52. The lowest BCUT2D eigenvalue weighted by Gasteiger charge is -2.25. The second-order valence-corrected chi connectivity index (χ2v) is 6.31. The third-order valence-electron chi connectivity index (χ3n) is 3.54. The molecule has 0 aliphatic heterocycles. The minimum absolute atomic E-state index is 0.603. The van der Waals surface area contributed by atoms with Gasteiger partial charge in [0.25, 0.3) is 0 Å². The number of hydrogen-bond donors (Lipinski definition) is 1. The Bertz CT molecular complexity index is 570. The predicted molar refractivity (Wildman–Crippen MR) is 85.1 cm³/mol. The van der Waals surface area contributed by atoms with Crippen molar-refractivity contribution in [3.63, 3.8) is 0 Å². The van der Waals surface area contributed by atoms with Crippen LogP contribution in [0.1, 0.15) is 37.5 Å². The SMILES string of the molecule is CC(C)Cc1cccc(C(C)(O)c2ccc(Cl)cc2)c1. The maximum absolute atomic E-state index is 10.9. The van der Waals surface area contributed by atoms with Crippen LogP contribution in [0.2, 0.25) is 5.02 Å². The molecule has 0 aliphatic carbocycles. The van der Waals surface area contributed by atoms with Crippen LogP contribution in [0.5, 0.6) is 0 Å². The molecule has 2 aromatic rings. The number of benzene rings is 2. The van der Waals surface area contributed by atoms with E-state index in [1.807, 2.05) is 43.3 Å². The van der Waals surface area contributed by atoms with Crippen LogP contribution >= 0.6 is 11.6 Å². The fraction of sp³-hybridized carbons (Fsp3) is 0.333. The van der Waals surface area contributed by atoms with Crippen molar-refractivity contribution in [2.24, 2.45) is 5.92 Å². The van der Waals surface area contributed by atoms with Crippen molar-refractivity contribution >= 4 is 11.6 Å². The van der Waals surface area contributed by atoms with Crippen molar-refractivity contribution < 1.29 is 5.11 Å². The number of halogens is 1. The molecule has 2 heteroatoms. The molecule has 20 heavy (non-hydrogen) atoms. The smallest absolute Gasteiger partial charge is 0.112 e. The van der Waals surface area contributed by atoms with E-state index in [1.54, 1.807) is 0 Å². The van der Waals surface area contributed by atoms with Crippen LogP contribution in [0.15, 0.2) is 48.5 Å². The van der Waals surface area contributed by atoms with Gasteiger partial charge in [0.05, 0.1) is 0 Å². The first kappa shape index (κ1) is 15.1. The van der Waals surface area contributed by atoms with Crippen LogP contribution in [0, 0.1) is 5.92 Å². The minimum Gasteiger partial charge on any atom is -0.381 e. The molecule has 0 fully saturated rings. The van der Waals surface area contributed by atoms with Gasteiger partial charge in [-0.3, -0.25) is 0 Å². The van der Waals surface area contributed by atoms with Gasteiger partial charge in [0.15, 0.2) is 0 Å². The first-order valence-electron chi connectivity index (χ1n) is 6.97. The fourth-order valence-corrected chi connectivity index (χ4v) is 2.54. The first-order valence-corrected chi connectivity index (χ1v) is 7.35. The molecule has 0 aromatic heterocycles. The summed E-state index contributed by atoms with van der Waals surface area (Å²) in [5, 5.41) is 11.5. The van der Waals surface area contributed by atoms with Gasteiger partial charge in [-0.2, -0.15) is 0 Å². The van der Waals surface area contributed by atoms with Gasteiger partial charge >= 0.3 is 0 Å². The summed E-state index contributed by atoms with van der Waals surface area (Å²) in [5.74, 6) is 0.603. The van der Waals surface area contributed by atoms with E-state index in [0.29, 0.717) is 10.9 Å². The largest absolute Gasteiger partial charge is 0.381 e. The lowest BCUT2D eigenvalue weighted by molar-refractivity contribution is 0.102. The van der Waals surface area contributed by atoms with E-state index < -0.39 is 5.60 Å².